The maximum Gasteiger partial charge on any atom is 0.354 e. The van der Waals surface area contributed by atoms with Gasteiger partial charge in [-0.25, -0.2) is 4.79 Å². The molecule has 6 heteroatoms. The normalized spacial score (nSPS) is 26.4. The van der Waals surface area contributed by atoms with Crippen molar-refractivity contribution in [2.45, 2.75) is 12.8 Å². The first-order valence-corrected chi connectivity index (χ1v) is 8.94. The Kier molecular flexibility index (Phi) is 4.09. The van der Waals surface area contributed by atoms with Gasteiger partial charge < -0.3 is 16.4 Å². The molecular formula is C19H25N5O. The van der Waals surface area contributed by atoms with Crippen LogP contribution in [0.3, 0.4) is 0 Å². The number of nitrogen functional groups attached to an aromatic ring is 1. The third kappa shape index (κ3) is 3.07. The van der Waals surface area contributed by atoms with E-state index >= 15 is 0 Å². The molecule has 1 aliphatic carbocycles. The van der Waals surface area contributed by atoms with Gasteiger partial charge in [0.25, 0.3) is 0 Å². The zero-order valence-corrected chi connectivity index (χ0v) is 14.5. The van der Waals surface area contributed by atoms with Crippen molar-refractivity contribution in [3.63, 3.8) is 0 Å². The van der Waals surface area contributed by atoms with Gasteiger partial charge in [-0.3, -0.25) is 4.57 Å². The molecule has 2 aliphatic rings. The lowest BCUT2D eigenvalue weighted by molar-refractivity contribution is 0.273. The number of nitrogens with zero attached hydrogens (tertiary/aromatic N) is 3. The summed E-state index contributed by atoms with van der Waals surface area (Å²) < 4.78 is 1.51. The van der Waals surface area contributed by atoms with Gasteiger partial charge in [-0.05, 0) is 54.0 Å². The molecule has 0 spiro atoms. The Hall–Kier alpha value is -2.18. The highest BCUT2D eigenvalue weighted by Gasteiger charge is 2.54. The van der Waals surface area contributed by atoms with Crippen LogP contribution in [0.15, 0.2) is 41.3 Å². The van der Waals surface area contributed by atoms with Gasteiger partial charge in [0.15, 0.2) is 0 Å². The fourth-order valence-corrected chi connectivity index (χ4v) is 4.30. The van der Waals surface area contributed by atoms with E-state index in [2.05, 4.69) is 28.9 Å². The minimum Gasteiger partial charge on any atom is -0.383 e. The average Bonchev–Trinajstić information content (AvgIpc) is 3.08. The number of hydrogen-bond donors (Lipinski definition) is 2. The number of nitrogens with two attached hydrogens (primary N) is 2. The summed E-state index contributed by atoms with van der Waals surface area (Å²) in [6, 6.07) is 9.77. The summed E-state index contributed by atoms with van der Waals surface area (Å²) in [5, 5.41) is 0. The van der Waals surface area contributed by atoms with Crippen molar-refractivity contribution in [2.24, 2.45) is 23.5 Å². The lowest BCUT2D eigenvalue weighted by Gasteiger charge is -2.23. The summed E-state index contributed by atoms with van der Waals surface area (Å²) in [5.41, 5.74) is 13.1. The smallest absolute Gasteiger partial charge is 0.354 e. The van der Waals surface area contributed by atoms with Crippen LogP contribution in [0.2, 0.25) is 0 Å². The molecule has 1 aromatic carbocycles. The van der Waals surface area contributed by atoms with Crippen LogP contribution in [0.5, 0.6) is 0 Å². The standard InChI is InChI=1S/C19H25N5O/c1-12(9-23-10-16-15(8-20)17(16)11-23)13-2-4-14(5-3-13)24-7-6-18(21)22-19(24)25/h2-7,12,15-17H,8-11,20H2,1H3,(H2,21,22,25)/t12?,15-,16-,17+. The second-order valence-electron chi connectivity index (χ2n) is 7.44. The highest BCUT2D eigenvalue weighted by molar-refractivity contribution is 5.37. The number of fused-ring (bicyclic) bond motifs is 1. The molecule has 0 amide bonds. The summed E-state index contributed by atoms with van der Waals surface area (Å²) in [7, 11) is 0. The zero-order chi connectivity index (χ0) is 17.6. The fourth-order valence-electron chi connectivity index (χ4n) is 4.30. The van der Waals surface area contributed by atoms with Crippen LogP contribution < -0.4 is 17.2 Å². The van der Waals surface area contributed by atoms with Gasteiger partial charge in [0, 0.05) is 25.8 Å². The molecule has 132 valence electrons. The van der Waals surface area contributed by atoms with Gasteiger partial charge in [-0.15, -0.1) is 0 Å². The Bertz CT molecular complexity index is 803. The first-order valence-electron chi connectivity index (χ1n) is 8.94. The molecule has 4 N–H and O–H groups in total. The molecule has 1 aliphatic heterocycles. The van der Waals surface area contributed by atoms with Gasteiger partial charge in [-0.2, -0.15) is 4.98 Å². The van der Waals surface area contributed by atoms with Gasteiger partial charge in [0.1, 0.15) is 5.82 Å². The van der Waals surface area contributed by atoms with Crippen molar-refractivity contribution in [1.82, 2.24) is 14.5 Å². The minimum atomic E-state index is -0.355. The number of likely N-dealkylation sites (tertiary alicyclic amines) is 1. The first kappa shape index (κ1) is 16.3. The highest BCUT2D eigenvalue weighted by Crippen LogP contribution is 2.51. The number of benzene rings is 1. The van der Waals surface area contributed by atoms with Crippen molar-refractivity contribution >= 4 is 5.82 Å². The Morgan fingerprint density at radius 3 is 2.48 bits per heavy atom. The van der Waals surface area contributed by atoms with Gasteiger partial charge in [0.05, 0.1) is 5.69 Å². The molecule has 25 heavy (non-hydrogen) atoms. The van der Waals surface area contributed by atoms with E-state index in [-0.39, 0.29) is 11.5 Å². The van der Waals surface area contributed by atoms with Crippen LogP contribution in [0, 0.1) is 17.8 Å². The van der Waals surface area contributed by atoms with E-state index < -0.39 is 0 Å². The van der Waals surface area contributed by atoms with E-state index in [1.807, 2.05) is 12.1 Å². The van der Waals surface area contributed by atoms with Crippen molar-refractivity contribution in [3.8, 4) is 5.69 Å². The third-order valence-electron chi connectivity index (χ3n) is 5.82. The number of aromatic nitrogens is 2. The molecule has 4 atom stereocenters. The van der Waals surface area contributed by atoms with E-state index in [1.54, 1.807) is 12.3 Å². The molecule has 1 unspecified atom stereocenters. The van der Waals surface area contributed by atoms with Gasteiger partial charge in [-0.1, -0.05) is 19.1 Å². The van der Waals surface area contributed by atoms with Crippen LogP contribution in [0.4, 0.5) is 5.82 Å². The van der Waals surface area contributed by atoms with Crippen LogP contribution in [-0.2, 0) is 0 Å². The molecule has 2 fully saturated rings. The van der Waals surface area contributed by atoms with Crippen LogP contribution in [-0.4, -0.2) is 40.6 Å². The molecule has 1 saturated carbocycles. The summed E-state index contributed by atoms with van der Waals surface area (Å²) in [6.45, 7) is 6.58. The van der Waals surface area contributed by atoms with E-state index in [9.17, 15) is 4.79 Å². The molecule has 2 heterocycles. The van der Waals surface area contributed by atoms with Crippen LogP contribution in [0.1, 0.15) is 18.4 Å². The number of piperidine rings is 1. The fraction of sp³-hybridized carbons (Fsp3) is 0.474. The van der Waals surface area contributed by atoms with E-state index in [1.165, 1.54) is 23.2 Å². The third-order valence-corrected chi connectivity index (χ3v) is 5.82. The molecular weight excluding hydrogens is 314 g/mol. The Balaban J connectivity index is 1.41. The minimum absolute atomic E-state index is 0.243. The highest BCUT2D eigenvalue weighted by atomic mass is 16.1. The average molecular weight is 339 g/mol. The summed E-state index contributed by atoms with van der Waals surface area (Å²) >= 11 is 0. The van der Waals surface area contributed by atoms with Crippen molar-refractivity contribution < 1.29 is 0 Å². The Morgan fingerprint density at radius 1 is 1.20 bits per heavy atom. The predicted molar refractivity (Wildman–Crippen MR) is 98.6 cm³/mol. The molecule has 1 saturated heterocycles. The molecule has 2 aromatic rings. The van der Waals surface area contributed by atoms with E-state index in [0.29, 0.717) is 5.92 Å². The van der Waals surface area contributed by atoms with Crippen molar-refractivity contribution in [1.29, 1.82) is 0 Å². The Morgan fingerprint density at radius 2 is 1.88 bits per heavy atom. The molecule has 4 rings (SSSR count). The maximum absolute atomic E-state index is 11.9. The second-order valence-corrected chi connectivity index (χ2v) is 7.44. The van der Waals surface area contributed by atoms with Crippen LogP contribution in [0.25, 0.3) is 5.69 Å². The van der Waals surface area contributed by atoms with Crippen molar-refractivity contribution in [3.05, 3.63) is 52.6 Å². The van der Waals surface area contributed by atoms with E-state index in [4.69, 9.17) is 11.5 Å². The SMILES string of the molecule is CC(CN1C[C@@H]2[C@@H](CN)[C@@H]2C1)c1ccc(-n2ccc(N)nc2=O)cc1. The molecule has 1 aromatic heterocycles. The molecule has 0 bridgehead atoms. The van der Waals surface area contributed by atoms with Crippen LogP contribution >= 0.6 is 0 Å². The molecule has 0 radical (unpaired) electrons. The summed E-state index contributed by atoms with van der Waals surface area (Å²) in [5.74, 6) is 3.16. The number of rotatable bonds is 5. The second kappa shape index (κ2) is 6.28. The first-order chi connectivity index (χ1) is 12.1. The largest absolute Gasteiger partial charge is 0.383 e. The quantitative estimate of drug-likeness (QED) is 0.850. The number of anilines is 1. The zero-order valence-electron chi connectivity index (χ0n) is 14.5. The van der Waals surface area contributed by atoms with E-state index in [0.717, 1.165) is 36.5 Å². The lowest BCUT2D eigenvalue weighted by Crippen LogP contribution is -2.29. The van der Waals surface area contributed by atoms with Gasteiger partial charge >= 0.3 is 5.69 Å². The van der Waals surface area contributed by atoms with Gasteiger partial charge in [0.2, 0.25) is 0 Å². The number of hydrogen-bond acceptors (Lipinski definition) is 5. The Labute approximate surface area is 147 Å². The molecule has 6 nitrogen and oxygen atoms in total. The topological polar surface area (TPSA) is 90.2 Å². The lowest BCUT2D eigenvalue weighted by atomic mass is 10.00. The maximum atomic E-state index is 11.9. The monoisotopic (exact) mass is 339 g/mol. The summed E-state index contributed by atoms with van der Waals surface area (Å²) in [6.07, 6.45) is 1.66. The summed E-state index contributed by atoms with van der Waals surface area (Å²) in [4.78, 5) is 18.3. The predicted octanol–water partition coefficient (Wildman–Crippen LogP) is 1.05. The van der Waals surface area contributed by atoms with Crippen molar-refractivity contribution in [2.75, 3.05) is 31.9 Å².